The summed E-state index contributed by atoms with van der Waals surface area (Å²) in [6.07, 6.45) is 34.5. The largest absolute Gasteiger partial charge is 0.469 e. The van der Waals surface area contributed by atoms with E-state index >= 15 is 0 Å². The first-order valence-corrected chi connectivity index (χ1v) is 19.6. The molecular formula is C37H65O9P. The molecule has 9 nitrogen and oxygen atoms in total. The van der Waals surface area contributed by atoms with Crippen LogP contribution in [0.25, 0.3) is 0 Å². The number of hydrogen-bond donors (Lipinski definition) is 3. The molecule has 0 aliphatic heterocycles. The molecule has 3 N–H and O–H groups in total. The lowest BCUT2D eigenvalue weighted by molar-refractivity contribution is -0.161. The number of rotatable bonds is 32. The molecule has 0 amide bonds. The van der Waals surface area contributed by atoms with Gasteiger partial charge in [-0.1, -0.05) is 120 Å². The molecule has 0 aliphatic carbocycles. The minimum absolute atomic E-state index is 0.162. The third kappa shape index (κ3) is 35.1. The van der Waals surface area contributed by atoms with E-state index in [1.54, 1.807) is 6.08 Å². The summed E-state index contributed by atoms with van der Waals surface area (Å²) in [4.78, 5) is 42.6. The third-order valence-corrected chi connectivity index (χ3v) is 7.90. The first-order chi connectivity index (χ1) is 22.7. The van der Waals surface area contributed by atoms with Crippen molar-refractivity contribution in [1.29, 1.82) is 0 Å². The number of carbonyl (C=O) groups is 2. The lowest BCUT2D eigenvalue weighted by atomic mass is 10.1. The van der Waals surface area contributed by atoms with Crippen LogP contribution in [-0.2, 0) is 28.2 Å². The second-order valence-corrected chi connectivity index (χ2v) is 13.2. The first kappa shape index (κ1) is 45.0. The maximum Gasteiger partial charge on any atom is 0.469 e. The molecule has 0 rings (SSSR count). The van der Waals surface area contributed by atoms with Gasteiger partial charge in [-0.2, -0.15) is 0 Å². The van der Waals surface area contributed by atoms with Crippen molar-refractivity contribution in [3.63, 3.8) is 0 Å². The molecule has 0 radical (unpaired) electrons. The number of phosphoric acid groups is 1. The summed E-state index contributed by atoms with van der Waals surface area (Å²) >= 11 is 0. The number of hydrogen-bond acceptors (Lipinski definition) is 7. The van der Waals surface area contributed by atoms with Crippen LogP contribution in [0.4, 0.5) is 0 Å². The second-order valence-electron chi connectivity index (χ2n) is 12.0. The van der Waals surface area contributed by atoms with Crippen LogP contribution in [0.3, 0.4) is 0 Å². The van der Waals surface area contributed by atoms with Crippen molar-refractivity contribution in [1.82, 2.24) is 0 Å². The smallest absolute Gasteiger partial charge is 0.462 e. The predicted octanol–water partition coefficient (Wildman–Crippen LogP) is 9.37. The molecule has 0 aromatic carbocycles. The van der Waals surface area contributed by atoms with E-state index in [-0.39, 0.29) is 19.4 Å². The number of aliphatic hydroxyl groups is 1. The number of phosphoric ester groups is 1. The average molecular weight is 685 g/mol. The van der Waals surface area contributed by atoms with Gasteiger partial charge >= 0.3 is 19.8 Å². The quantitative estimate of drug-likeness (QED) is 0.0208. The van der Waals surface area contributed by atoms with Gasteiger partial charge in [-0.15, -0.1) is 0 Å². The summed E-state index contributed by atoms with van der Waals surface area (Å²) in [6, 6.07) is 0. The van der Waals surface area contributed by atoms with E-state index in [0.29, 0.717) is 19.3 Å². The van der Waals surface area contributed by atoms with Crippen LogP contribution in [0.5, 0.6) is 0 Å². The van der Waals surface area contributed by atoms with Crippen LogP contribution in [0, 0.1) is 0 Å². The number of carbonyl (C=O) groups excluding carboxylic acids is 2. The zero-order chi connectivity index (χ0) is 34.9. The van der Waals surface area contributed by atoms with Gasteiger partial charge in [-0.3, -0.25) is 14.1 Å². The average Bonchev–Trinajstić information content (AvgIpc) is 3.03. The van der Waals surface area contributed by atoms with Gasteiger partial charge < -0.3 is 24.4 Å². The van der Waals surface area contributed by atoms with Crippen LogP contribution in [0.2, 0.25) is 0 Å². The zero-order valence-electron chi connectivity index (χ0n) is 29.3. The summed E-state index contributed by atoms with van der Waals surface area (Å²) < 4.78 is 26.2. The minimum atomic E-state index is -4.77. The molecule has 1 unspecified atom stereocenters. The normalized spacial score (nSPS) is 13.7. The highest BCUT2D eigenvalue weighted by molar-refractivity contribution is 7.46. The Morgan fingerprint density at radius 1 is 0.660 bits per heavy atom. The van der Waals surface area contributed by atoms with E-state index in [4.69, 9.17) is 19.3 Å². The molecule has 0 saturated carbocycles. The Hall–Kier alpha value is -2.03. The number of aliphatic hydroxyl groups excluding tert-OH is 1. The molecule has 0 saturated heterocycles. The van der Waals surface area contributed by atoms with Crippen LogP contribution >= 0.6 is 7.82 Å². The standard InChI is InChI=1S/C37H65O9P/c1-3-5-7-8-9-10-11-12-13-16-19-22-26-30-36(39)44-32-35(33-45-47(41,42)43)46-37(40)31-27-23-20-17-14-15-18-21-25-29-34(38)28-24-6-4-2/h6,10-11,18,21,24-25,29,34-35,38H,3-5,7-9,12-17,19-20,22-23,26-28,30-33H2,1-2H3,(H2,41,42,43)/b11-10-,21-18+,24-6+,29-25+/t34?,35-/m1/s1. The topological polar surface area (TPSA) is 140 Å². The van der Waals surface area contributed by atoms with Crippen molar-refractivity contribution in [3.05, 3.63) is 48.6 Å². The summed E-state index contributed by atoms with van der Waals surface area (Å²) in [5.41, 5.74) is 0. The van der Waals surface area contributed by atoms with E-state index in [1.807, 2.05) is 24.3 Å². The van der Waals surface area contributed by atoms with Crippen LogP contribution < -0.4 is 0 Å². The third-order valence-electron chi connectivity index (χ3n) is 7.41. The Bertz CT molecular complexity index is 923. The molecule has 47 heavy (non-hydrogen) atoms. The minimum Gasteiger partial charge on any atom is -0.462 e. The van der Waals surface area contributed by atoms with Gasteiger partial charge in [0, 0.05) is 12.8 Å². The fraction of sp³-hybridized carbons (Fsp3) is 0.730. The Balaban J connectivity index is 4.09. The van der Waals surface area contributed by atoms with E-state index in [0.717, 1.165) is 77.0 Å². The molecule has 0 aliphatic rings. The lowest BCUT2D eigenvalue weighted by Crippen LogP contribution is -2.29. The molecule has 0 aromatic rings. The number of allylic oxidation sites excluding steroid dienone is 6. The molecule has 0 aromatic heterocycles. The monoisotopic (exact) mass is 684 g/mol. The van der Waals surface area contributed by atoms with E-state index in [2.05, 4.69) is 36.6 Å². The van der Waals surface area contributed by atoms with E-state index in [1.165, 1.54) is 25.7 Å². The van der Waals surface area contributed by atoms with Gasteiger partial charge in [-0.25, -0.2) is 4.57 Å². The molecule has 10 heteroatoms. The SMILES string of the molecule is CC/C=C/CC(O)/C=C/C=C/CCCCCCCC(=O)O[C@H](COC(=O)CCCCCCC/C=C\CCCCCC)COP(=O)(O)O. The molecule has 0 heterocycles. The summed E-state index contributed by atoms with van der Waals surface area (Å²) in [5.74, 6) is -0.953. The van der Waals surface area contributed by atoms with Crippen molar-refractivity contribution in [2.45, 2.75) is 161 Å². The van der Waals surface area contributed by atoms with Gasteiger partial charge in [0.25, 0.3) is 0 Å². The number of unbranched alkanes of at least 4 members (excludes halogenated alkanes) is 14. The lowest BCUT2D eigenvalue weighted by Gasteiger charge is -2.18. The van der Waals surface area contributed by atoms with Gasteiger partial charge in [0.1, 0.15) is 6.61 Å². The van der Waals surface area contributed by atoms with Crippen molar-refractivity contribution in [2.24, 2.45) is 0 Å². The van der Waals surface area contributed by atoms with Gasteiger partial charge in [-0.05, 0) is 64.2 Å². The maximum absolute atomic E-state index is 12.3. The Kier molecular flexibility index (Phi) is 31.1. The highest BCUT2D eigenvalue weighted by Gasteiger charge is 2.22. The Morgan fingerprint density at radius 2 is 1.21 bits per heavy atom. The van der Waals surface area contributed by atoms with Crippen molar-refractivity contribution in [3.8, 4) is 0 Å². The summed E-state index contributed by atoms with van der Waals surface area (Å²) in [6.45, 7) is 3.41. The fourth-order valence-electron chi connectivity index (χ4n) is 4.70. The number of esters is 2. The van der Waals surface area contributed by atoms with Crippen LogP contribution in [0.1, 0.15) is 149 Å². The zero-order valence-corrected chi connectivity index (χ0v) is 30.2. The van der Waals surface area contributed by atoms with E-state index in [9.17, 15) is 19.3 Å². The molecule has 0 bridgehead atoms. The van der Waals surface area contributed by atoms with Crippen LogP contribution in [0.15, 0.2) is 48.6 Å². The van der Waals surface area contributed by atoms with Gasteiger partial charge in [0.05, 0.1) is 12.7 Å². The summed E-state index contributed by atoms with van der Waals surface area (Å²) in [7, 11) is -4.77. The van der Waals surface area contributed by atoms with Crippen LogP contribution in [-0.4, -0.2) is 52.3 Å². The summed E-state index contributed by atoms with van der Waals surface area (Å²) in [5, 5.41) is 9.82. The van der Waals surface area contributed by atoms with Crippen molar-refractivity contribution >= 4 is 19.8 Å². The van der Waals surface area contributed by atoms with Gasteiger partial charge in [0.2, 0.25) is 0 Å². The molecule has 2 atom stereocenters. The molecule has 0 spiro atoms. The molecule has 0 fully saturated rings. The van der Waals surface area contributed by atoms with Crippen molar-refractivity contribution in [2.75, 3.05) is 13.2 Å². The van der Waals surface area contributed by atoms with Gasteiger partial charge in [0.15, 0.2) is 6.10 Å². The maximum atomic E-state index is 12.3. The van der Waals surface area contributed by atoms with E-state index < -0.39 is 38.6 Å². The fourth-order valence-corrected chi connectivity index (χ4v) is 5.06. The first-order valence-electron chi connectivity index (χ1n) is 18.0. The number of ether oxygens (including phenoxy) is 2. The highest BCUT2D eigenvalue weighted by atomic mass is 31.2. The Morgan fingerprint density at radius 3 is 1.81 bits per heavy atom. The second kappa shape index (κ2) is 32.5. The highest BCUT2D eigenvalue weighted by Crippen LogP contribution is 2.36. The van der Waals surface area contributed by atoms with Crippen molar-refractivity contribution < 1.29 is 43.0 Å². The predicted molar refractivity (Wildman–Crippen MR) is 190 cm³/mol. The Labute approximate surface area is 285 Å². The molecular weight excluding hydrogens is 619 g/mol. The molecule has 272 valence electrons.